The third kappa shape index (κ3) is 4.30. The van der Waals surface area contributed by atoms with Crippen LogP contribution >= 0.6 is 34.8 Å². The molecule has 1 aliphatic heterocycles. The van der Waals surface area contributed by atoms with E-state index >= 15 is 0 Å². The maximum atomic E-state index is 13.1. The molecule has 0 aromatic heterocycles. The van der Waals surface area contributed by atoms with Crippen molar-refractivity contribution in [1.29, 1.82) is 0 Å². The molecule has 0 N–H and O–H groups in total. The van der Waals surface area contributed by atoms with Crippen LogP contribution in [0.3, 0.4) is 0 Å². The Morgan fingerprint density at radius 2 is 1.74 bits per heavy atom. The van der Waals surface area contributed by atoms with Gasteiger partial charge in [-0.05, 0) is 37.3 Å². The normalized spacial score (nSPS) is 15.8. The lowest BCUT2D eigenvalue weighted by Gasteiger charge is -2.36. The molecule has 0 spiro atoms. The fourth-order valence-electron chi connectivity index (χ4n) is 3.00. The van der Waals surface area contributed by atoms with Gasteiger partial charge in [0, 0.05) is 31.2 Å². The van der Waals surface area contributed by atoms with E-state index in [1.54, 1.807) is 25.1 Å². The highest BCUT2D eigenvalue weighted by Gasteiger charge is 2.31. The van der Waals surface area contributed by atoms with E-state index in [2.05, 4.69) is 0 Å². The fraction of sp³-hybridized carbons (Fsp3) is 0.333. The number of piperazine rings is 1. The molecular weight excluding hydrogens is 431 g/mol. The number of halogens is 3. The second-order valence-electron chi connectivity index (χ2n) is 5.99. The van der Waals surface area contributed by atoms with E-state index in [-0.39, 0.29) is 4.90 Å². The summed E-state index contributed by atoms with van der Waals surface area (Å²) < 4.78 is 33.2. The second kappa shape index (κ2) is 8.45. The van der Waals surface area contributed by atoms with Crippen molar-refractivity contribution in [1.82, 2.24) is 4.31 Å². The Morgan fingerprint density at radius 1 is 1.04 bits per heavy atom. The summed E-state index contributed by atoms with van der Waals surface area (Å²) in [6.07, 6.45) is 0. The number of anilines is 1. The Hall–Kier alpha value is -1.18. The van der Waals surface area contributed by atoms with Gasteiger partial charge in [0.05, 0.1) is 22.3 Å². The van der Waals surface area contributed by atoms with Crippen LogP contribution in [-0.4, -0.2) is 45.5 Å². The minimum Gasteiger partial charge on any atom is -0.492 e. The van der Waals surface area contributed by atoms with Crippen LogP contribution in [0.4, 0.5) is 5.69 Å². The van der Waals surface area contributed by atoms with Crippen LogP contribution in [0.5, 0.6) is 5.75 Å². The first-order valence-corrected chi connectivity index (χ1v) is 11.0. The summed E-state index contributed by atoms with van der Waals surface area (Å²) in [5.41, 5.74) is 0.805. The molecule has 1 heterocycles. The van der Waals surface area contributed by atoms with E-state index in [1.165, 1.54) is 10.4 Å². The molecule has 1 saturated heterocycles. The standard InChI is InChI=1S/C18H19Cl3N2O3S/c1-2-26-16-7-6-13(19)12-17(16)27(24,25)23-10-8-22(9-11-23)15-5-3-4-14(20)18(15)21/h3-7,12H,2,8-11H2,1H3. The van der Waals surface area contributed by atoms with Crippen LogP contribution < -0.4 is 9.64 Å². The third-order valence-corrected chi connectivity index (χ3v) is 7.30. The van der Waals surface area contributed by atoms with Gasteiger partial charge in [-0.25, -0.2) is 8.42 Å². The molecule has 146 valence electrons. The molecule has 0 radical (unpaired) electrons. The Bertz CT molecular complexity index is 929. The highest BCUT2D eigenvalue weighted by Crippen LogP contribution is 2.34. The van der Waals surface area contributed by atoms with Gasteiger partial charge in [0.2, 0.25) is 10.0 Å². The summed E-state index contributed by atoms with van der Waals surface area (Å²) in [6, 6.07) is 10.1. The van der Waals surface area contributed by atoms with Gasteiger partial charge in [-0.3, -0.25) is 0 Å². The number of hydrogen-bond acceptors (Lipinski definition) is 4. The van der Waals surface area contributed by atoms with E-state index in [1.807, 2.05) is 17.0 Å². The lowest BCUT2D eigenvalue weighted by atomic mass is 10.2. The van der Waals surface area contributed by atoms with E-state index in [0.29, 0.717) is 53.6 Å². The van der Waals surface area contributed by atoms with Gasteiger partial charge in [0.25, 0.3) is 0 Å². The van der Waals surface area contributed by atoms with Crippen LogP contribution in [-0.2, 0) is 10.0 Å². The smallest absolute Gasteiger partial charge is 0.246 e. The molecule has 1 aliphatic rings. The molecule has 3 rings (SSSR count). The molecule has 0 amide bonds. The molecule has 0 unspecified atom stereocenters. The second-order valence-corrected chi connectivity index (χ2v) is 9.12. The van der Waals surface area contributed by atoms with Gasteiger partial charge in [0.1, 0.15) is 10.6 Å². The van der Waals surface area contributed by atoms with Crippen LogP contribution in [0.25, 0.3) is 0 Å². The van der Waals surface area contributed by atoms with E-state index in [0.717, 1.165) is 5.69 Å². The van der Waals surface area contributed by atoms with Crippen LogP contribution in [0, 0.1) is 0 Å². The van der Waals surface area contributed by atoms with Crippen molar-refractivity contribution in [3.05, 3.63) is 51.5 Å². The first-order valence-electron chi connectivity index (χ1n) is 8.46. The number of nitrogens with zero attached hydrogens (tertiary/aromatic N) is 2. The zero-order valence-corrected chi connectivity index (χ0v) is 17.7. The summed E-state index contributed by atoms with van der Waals surface area (Å²) >= 11 is 18.4. The molecule has 0 bridgehead atoms. The largest absolute Gasteiger partial charge is 0.492 e. The molecule has 0 atom stereocenters. The third-order valence-electron chi connectivity index (χ3n) is 4.33. The van der Waals surface area contributed by atoms with Gasteiger partial charge in [-0.2, -0.15) is 4.31 Å². The number of benzene rings is 2. The van der Waals surface area contributed by atoms with Crippen molar-refractivity contribution in [2.24, 2.45) is 0 Å². The quantitative estimate of drug-likeness (QED) is 0.671. The molecule has 0 saturated carbocycles. The van der Waals surface area contributed by atoms with E-state index in [4.69, 9.17) is 39.5 Å². The monoisotopic (exact) mass is 448 g/mol. The van der Waals surface area contributed by atoms with Crippen molar-refractivity contribution in [3.8, 4) is 5.75 Å². The Kier molecular flexibility index (Phi) is 6.43. The zero-order valence-electron chi connectivity index (χ0n) is 14.7. The Labute approximate surface area is 174 Å². The van der Waals surface area contributed by atoms with Gasteiger partial charge in [0.15, 0.2) is 0 Å². The lowest BCUT2D eigenvalue weighted by molar-refractivity contribution is 0.327. The number of sulfonamides is 1. The molecule has 9 heteroatoms. The predicted molar refractivity (Wildman–Crippen MR) is 110 cm³/mol. The predicted octanol–water partition coefficient (Wildman–Crippen LogP) is 4.56. The maximum Gasteiger partial charge on any atom is 0.246 e. The summed E-state index contributed by atoms with van der Waals surface area (Å²) in [7, 11) is -3.72. The minimum absolute atomic E-state index is 0.0890. The molecule has 0 aliphatic carbocycles. The first-order chi connectivity index (χ1) is 12.8. The topological polar surface area (TPSA) is 49.9 Å². The van der Waals surface area contributed by atoms with Crippen molar-refractivity contribution < 1.29 is 13.2 Å². The highest BCUT2D eigenvalue weighted by molar-refractivity contribution is 7.89. The maximum absolute atomic E-state index is 13.1. The molecular formula is C18H19Cl3N2O3S. The SMILES string of the molecule is CCOc1ccc(Cl)cc1S(=O)(=O)N1CCN(c2cccc(Cl)c2Cl)CC1. The lowest BCUT2D eigenvalue weighted by Crippen LogP contribution is -2.48. The summed E-state index contributed by atoms with van der Waals surface area (Å²) in [4.78, 5) is 2.12. The average Bonchev–Trinajstić information content (AvgIpc) is 2.65. The molecule has 1 fully saturated rings. The number of hydrogen-bond donors (Lipinski definition) is 0. The van der Waals surface area contributed by atoms with Crippen molar-refractivity contribution >= 4 is 50.5 Å². The van der Waals surface area contributed by atoms with Gasteiger partial charge >= 0.3 is 0 Å². The first kappa shape index (κ1) is 20.6. The number of rotatable bonds is 5. The zero-order chi connectivity index (χ0) is 19.6. The molecule has 5 nitrogen and oxygen atoms in total. The summed E-state index contributed by atoms with van der Waals surface area (Å²) in [6.45, 7) is 3.82. The Morgan fingerprint density at radius 3 is 2.41 bits per heavy atom. The van der Waals surface area contributed by atoms with E-state index in [9.17, 15) is 8.42 Å². The fourth-order valence-corrected chi connectivity index (χ4v) is 5.23. The molecule has 2 aromatic carbocycles. The molecule has 27 heavy (non-hydrogen) atoms. The van der Waals surface area contributed by atoms with Crippen LogP contribution in [0.1, 0.15) is 6.92 Å². The number of ether oxygens (including phenoxy) is 1. The van der Waals surface area contributed by atoms with Crippen LogP contribution in [0.2, 0.25) is 15.1 Å². The average molecular weight is 450 g/mol. The van der Waals surface area contributed by atoms with Crippen molar-refractivity contribution in [2.45, 2.75) is 11.8 Å². The molecule has 2 aromatic rings. The minimum atomic E-state index is -3.72. The van der Waals surface area contributed by atoms with E-state index < -0.39 is 10.0 Å². The van der Waals surface area contributed by atoms with Crippen molar-refractivity contribution in [3.63, 3.8) is 0 Å². The summed E-state index contributed by atoms with van der Waals surface area (Å²) in [5.74, 6) is 0.308. The Balaban J connectivity index is 1.81. The van der Waals surface area contributed by atoms with Crippen molar-refractivity contribution in [2.75, 3.05) is 37.7 Å². The highest BCUT2D eigenvalue weighted by atomic mass is 35.5. The van der Waals surface area contributed by atoms with Gasteiger partial charge in [-0.15, -0.1) is 0 Å². The van der Waals surface area contributed by atoms with Gasteiger partial charge in [-0.1, -0.05) is 40.9 Å². The summed E-state index contributed by atoms with van der Waals surface area (Å²) in [5, 5.41) is 1.30. The van der Waals surface area contributed by atoms with Crippen LogP contribution in [0.15, 0.2) is 41.3 Å². The van der Waals surface area contributed by atoms with Gasteiger partial charge < -0.3 is 9.64 Å².